The number of thiophene rings is 1. The number of nitrogens with one attached hydrogen (secondary N) is 2. The molecule has 146 valence electrons. The zero-order chi connectivity index (χ0) is 20.3. The highest BCUT2D eigenvalue weighted by Crippen LogP contribution is 2.33. The van der Waals surface area contributed by atoms with Crippen molar-refractivity contribution >= 4 is 38.9 Å². The van der Waals surface area contributed by atoms with Crippen LogP contribution >= 0.6 is 11.3 Å². The van der Waals surface area contributed by atoms with Crippen molar-refractivity contribution < 1.29 is 18.7 Å². The van der Waals surface area contributed by atoms with Gasteiger partial charge in [0.2, 0.25) is 5.91 Å². The number of methoxy groups -OCH3 is 1. The van der Waals surface area contributed by atoms with Crippen molar-refractivity contribution in [2.75, 3.05) is 19.0 Å². The largest absolute Gasteiger partial charge is 0.380 e. The molecule has 2 N–H and O–H groups in total. The number of carbonyl (C=O) groups excluding carboxylic acids is 2. The molecule has 0 saturated heterocycles. The number of carbonyl (C=O) groups is 2. The lowest BCUT2D eigenvalue weighted by molar-refractivity contribution is -0.115. The van der Waals surface area contributed by atoms with Crippen LogP contribution in [0.5, 0.6) is 0 Å². The first-order valence-corrected chi connectivity index (χ1v) is 9.57. The first-order chi connectivity index (χ1) is 13.4. The van der Waals surface area contributed by atoms with Crippen LogP contribution in [0.4, 0.5) is 10.1 Å². The molecule has 0 fully saturated rings. The molecule has 2 amide bonds. The number of halogens is 1. The van der Waals surface area contributed by atoms with E-state index in [1.807, 2.05) is 32.0 Å². The normalized spacial score (nSPS) is 10.9. The summed E-state index contributed by atoms with van der Waals surface area (Å²) in [5.41, 5.74) is 3.25. The second-order valence-electron chi connectivity index (χ2n) is 6.43. The second-order valence-corrected chi connectivity index (χ2v) is 7.49. The van der Waals surface area contributed by atoms with Gasteiger partial charge in [0.05, 0.1) is 18.0 Å². The summed E-state index contributed by atoms with van der Waals surface area (Å²) in [4.78, 5) is 25.2. The minimum absolute atomic E-state index is 0.109. The predicted molar refractivity (Wildman–Crippen MR) is 109 cm³/mol. The Morgan fingerprint density at radius 3 is 2.64 bits per heavy atom. The van der Waals surface area contributed by atoms with Crippen molar-refractivity contribution in [2.45, 2.75) is 20.5 Å². The fourth-order valence-electron chi connectivity index (χ4n) is 2.95. The van der Waals surface area contributed by atoms with Gasteiger partial charge in [0.25, 0.3) is 5.91 Å². The van der Waals surface area contributed by atoms with Gasteiger partial charge in [-0.15, -0.1) is 11.3 Å². The Morgan fingerprint density at radius 2 is 1.89 bits per heavy atom. The van der Waals surface area contributed by atoms with Crippen LogP contribution in [0.25, 0.3) is 10.1 Å². The van der Waals surface area contributed by atoms with Crippen molar-refractivity contribution in [2.24, 2.45) is 0 Å². The molecule has 2 aromatic carbocycles. The number of rotatable bonds is 6. The van der Waals surface area contributed by atoms with E-state index in [-0.39, 0.29) is 19.1 Å². The number of benzene rings is 2. The predicted octanol–water partition coefficient (Wildman–Crippen LogP) is 4.17. The number of anilines is 1. The minimum Gasteiger partial charge on any atom is -0.380 e. The minimum atomic E-state index is -0.427. The van der Waals surface area contributed by atoms with Crippen molar-refractivity contribution in [3.05, 3.63) is 63.8 Å². The molecular weight excluding hydrogens is 379 g/mol. The van der Waals surface area contributed by atoms with Gasteiger partial charge in [0.1, 0.15) is 5.82 Å². The lowest BCUT2D eigenvalue weighted by Gasteiger charge is -2.11. The molecule has 0 radical (unpaired) electrons. The fraction of sp³-hybridized carbons (Fsp3) is 0.238. The van der Waals surface area contributed by atoms with Gasteiger partial charge in [0.15, 0.2) is 0 Å². The first-order valence-electron chi connectivity index (χ1n) is 8.75. The summed E-state index contributed by atoms with van der Waals surface area (Å²) < 4.78 is 20.0. The fourth-order valence-corrected chi connectivity index (χ4v) is 4.09. The van der Waals surface area contributed by atoms with Gasteiger partial charge in [0, 0.05) is 28.4 Å². The van der Waals surface area contributed by atoms with Gasteiger partial charge >= 0.3 is 0 Å². The number of hydrogen-bond acceptors (Lipinski definition) is 4. The number of hydrogen-bond donors (Lipinski definition) is 2. The molecule has 0 bridgehead atoms. The summed E-state index contributed by atoms with van der Waals surface area (Å²) >= 11 is 1.18. The number of ether oxygens (including phenoxy) is 1. The Hall–Kier alpha value is -2.77. The van der Waals surface area contributed by atoms with Crippen molar-refractivity contribution in [3.8, 4) is 0 Å². The molecule has 0 atom stereocenters. The van der Waals surface area contributed by atoms with E-state index in [9.17, 15) is 14.0 Å². The van der Waals surface area contributed by atoms with Gasteiger partial charge in [-0.25, -0.2) is 4.39 Å². The van der Waals surface area contributed by atoms with Gasteiger partial charge in [-0.1, -0.05) is 18.2 Å². The Labute approximate surface area is 166 Å². The van der Waals surface area contributed by atoms with Crippen LogP contribution in [0.1, 0.15) is 26.4 Å². The van der Waals surface area contributed by atoms with Crippen molar-refractivity contribution in [3.63, 3.8) is 0 Å². The maximum Gasteiger partial charge on any atom is 0.262 e. The van der Waals surface area contributed by atoms with Crippen LogP contribution in [0, 0.1) is 19.7 Å². The van der Waals surface area contributed by atoms with Gasteiger partial charge in [-0.3, -0.25) is 9.59 Å². The average Bonchev–Trinajstić information content (AvgIpc) is 3.04. The van der Waals surface area contributed by atoms with E-state index >= 15 is 0 Å². The quantitative estimate of drug-likeness (QED) is 0.653. The molecule has 3 rings (SSSR count). The maximum absolute atomic E-state index is 14.2. The number of aryl methyl sites for hydroxylation is 1. The summed E-state index contributed by atoms with van der Waals surface area (Å²) in [5.74, 6) is -1.15. The van der Waals surface area contributed by atoms with Crippen molar-refractivity contribution in [1.29, 1.82) is 0 Å². The molecule has 5 nitrogen and oxygen atoms in total. The van der Waals surface area contributed by atoms with E-state index < -0.39 is 11.7 Å². The van der Waals surface area contributed by atoms with E-state index in [0.29, 0.717) is 26.2 Å². The van der Waals surface area contributed by atoms with E-state index in [0.717, 1.165) is 11.1 Å². The van der Waals surface area contributed by atoms with E-state index in [4.69, 9.17) is 4.74 Å². The number of fused-ring (bicyclic) bond motifs is 1. The molecule has 0 aliphatic rings. The molecule has 1 heterocycles. The van der Waals surface area contributed by atoms with E-state index in [2.05, 4.69) is 10.6 Å². The molecule has 0 saturated carbocycles. The van der Waals surface area contributed by atoms with Crippen LogP contribution in [-0.4, -0.2) is 25.5 Å². The van der Waals surface area contributed by atoms with Crippen molar-refractivity contribution in [1.82, 2.24) is 5.32 Å². The van der Waals surface area contributed by atoms with Gasteiger partial charge in [-0.05, 0) is 43.2 Å². The molecule has 0 unspecified atom stereocenters. The molecule has 0 aliphatic carbocycles. The van der Waals surface area contributed by atoms with Crippen LogP contribution < -0.4 is 10.6 Å². The third-order valence-corrected chi connectivity index (χ3v) is 5.74. The zero-order valence-corrected chi connectivity index (χ0v) is 16.7. The topological polar surface area (TPSA) is 67.4 Å². The Kier molecular flexibility index (Phi) is 6.06. The highest BCUT2D eigenvalue weighted by molar-refractivity contribution is 7.21. The molecule has 7 heteroatoms. The highest BCUT2D eigenvalue weighted by atomic mass is 32.1. The maximum atomic E-state index is 14.2. The number of amides is 2. The molecule has 3 aromatic rings. The molecule has 0 aliphatic heterocycles. The Morgan fingerprint density at radius 1 is 1.14 bits per heavy atom. The molecule has 28 heavy (non-hydrogen) atoms. The third-order valence-electron chi connectivity index (χ3n) is 4.55. The standard InChI is InChI=1S/C21H21FN2O3S/c1-12-6-4-8-16(13(12)2)24-18(25)10-23-21(26)20-14(11-27-3)19-15(22)7-5-9-17(19)28-20/h4-9H,10-11H2,1-3H3,(H,23,26)(H,24,25). The summed E-state index contributed by atoms with van der Waals surface area (Å²) in [6, 6.07) is 10.3. The van der Waals surface area contributed by atoms with E-state index in [1.165, 1.54) is 24.5 Å². The van der Waals surface area contributed by atoms with Crippen LogP contribution in [0.15, 0.2) is 36.4 Å². The zero-order valence-electron chi connectivity index (χ0n) is 15.9. The summed E-state index contributed by atoms with van der Waals surface area (Å²) in [7, 11) is 1.49. The lowest BCUT2D eigenvalue weighted by Crippen LogP contribution is -2.33. The van der Waals surface area contributed by atoms with Crippen LogP contribution in [-0.2, 0) is 16.1 Å². The summed E-state index contributed by atoms with van der Waals surface area (Å²) in [6.45, 7) is 3.81. The smallest absolute Gasteiger partial charge is 0.262 e. The SMILES string of the molecule is COCc1c(C(=O)NCC(=O)Nc2cccc(C)c2C)sc2cccc(F)c12. The Balaban J connectivity index is 1.74. The lowest BCUT2D eigenvalue weighted by atomic mass is 10.1. The monoisotopic (exact) mass is 400 g/mol. The second kappa shape index (κ2) is 8.50. The van der Waals surface area contributed by atoms with E-state index in [1.54, 1.807) is 12.1 Å². The summed E-state index contributed by atoms with van der Waals surface area (Å²) in [5, 5.41) is 5.80. The average molecular weight is 400 g/mol. The highest BCUT2D eigenvalue weighted by Gasteiger charge is 2.21. The summed E-state index contributed by atoms with van der Waals surface area (Å²) in [6.07, 6.45) is 0. The Bertz CT molecular complexity index is 1050. The third kappa shape index (κ3) is 4.05. The molecule has 1 aromatic heterocycles. The first kappa shape index (κ1) is 20.0. The van der Waals surface area contributed by atoms with Crippen LogP contribution in [0.2, 0.25) is 0 Å². The van der Waals surface area contributed by atoms with Gasteiger partial charge in [-0.2, -0.15) is 0 Å². The molecular formula is C21H21FN2O3S. The van der Waals surface area contributed by atoms with Crippen LogP contribution in [0.3, 0.4) is 0 Å². The molecule has 0 spiro atoms. The van der Waals surface area contributed by atoms with Gasteiger partial charge < -0.3 is 15.4 Å².